The molecule has 0 N–H and O–H groups in total. The quantitative estimate of drug-likeness (QED) is 0.730. The standard InChI is InChI=1S/C18H22OSi/c1-3-20(4-2)17-12-18(17,13-19-20)16-11-7-9-14-8-5-6-10-15(14)16/h5-11,17H,3-4,12-13H2,1-2H3/t17?,18-/m0/s1. The molecule has 104 valence electrons. The Morgan fingerprint density at radius 2 is 1.85 bits per heavy atom. The fraction of sp³-hybridized carbons (Fsp3) is 0.444. The number of hydrogen-bond donors (Lipinski definition) is 0. The smallest absolute Gasteiger partial charge is 0.196 e. The van der Waals surface area contributed by atoms with Crippen molar-refractivity contribution in [2.75, 3.05) is 6.61 Å². The van der Waals surface area contributed by atoms with Gasteiger partial charge in [-0.05, 0) is 40.4 Å². The number of fused-ring (bicyclic) bond motifs is 2. The fourth-order valence-corrected chi connectivity index (χ4v) is 9.13. The van der Waals surface area contributed by atoms with Crippen molar-refractivity contribution in [2.24, 2.45) is 0 Å². The minimum atomic E-state index is -1.45. The lowest BCUT2D eigenvalue weighted by Gasteiger charge is -2.24. The predicted octanol–water partition coefficient (Wildman–Crippen LogP) is 4.87. The number of hydrogen-bond acceptors (Lipinski definition) is 1. The van der Waals surface area contributed by atoms with Crippen LogP contribution in [0.2, 0.25) is 17.6 Å². The van der Waals surface area contributed by atoms with Crippen molar-refractivity contribution in [3.8, 4) is 0 Å². The summed E-state index contributed by atoms with van der Waals surface area (Å²) < 4.78 is 6.45. The largest absolute Gasteiger partial charge is 0.416 e. The van der Waals surface area contributed by atoms with Crippen LogP contribution < -0.4 is 0 Å². The van der Waals surface area contributed by atoms with Crippen molar-refractivity contribution in [1.82, 2.24) is 0 Å². The Morgan fingerprint density at radius 3 is 2.55 bits per heavy atom. The Kier molecular flexibility index (Phi) is 2.64. The van der Waals surface area contributed by atoms with Gasteiger partial charge in [-0.15, -0.1) is 0 Å². The summed E-state index contributed by atoms with van der Waals surface area (Å²) in [6, 6.07) is 18.2. The van der Waals surface area contributed by atoms with E-state index in [0.29, 0.717) is 5.41 Å². The van der Waals surface area contributed by atoms with E-state index in [1.807, 2.05) is 0 Å². The highest BCUT2D eigenvalue weighted by atomic mass is 28.4. The summed E-state index contributed by atoms with van der Waals surface area (Å²) in [5.74, 6) is 0. The van der Waals surface area contributed by atoms with Gasteiger partial charge in [0.05, 0.1) is 0 Å². The molecule has 1 saturated heterocycles. The highest BCUT2D eigenvalue weighted by molar-refractivity contribution is 6.77. The molecule has 1 saturated carbocycles. The zero-order valence-electron chi connectivity index (χ0n) is 12.4. The van der Waals surface area contributed by atoms with Crippen LogP contribution in [0.1, 0.15) is 25.8 Å². The van der Waals surface area contributed by atoms with Crippen LogP contribution in [0.15, 0.2) is 42.5 Å². The van der Waals surface area contributed by atoms with Gasteiger partial charge in [-0.3, -0.25) is 0 Å². The molecule has 0 amide bonds. The van der Waals surface area contributed by atoms with Crippen molar-refractivity contribution < 1.29 is 4.43 Å². The molecule has 0 radical (unpaired) electrons. The Balaban J connectivity index is 1.83. The first-order valence-corrected chi connectivity index (χ1v) is 10.3. The van der Waals surface area contributed by atoms with E-state index in [2.05, 4.69) is 56.3 Å². The molecule has 2 aliphatic rings. The zero-order chi connectivity index (χ0) is 13.8. The third kappa shape index (κ3) is 1.47. The predicted molar refractivity (Wildman–Crippen MR) is 86.7 cm³/mol. The molecule has 0 spiro atoms. The van der Waals surface area contributed by atoms with Crippen LogP contribution in [0.3, 0.4) is 0 Å². The average Bonchev–Trinajstić information content (AvgIpc) is 3.17. The van der Waals surface area contributed by atoms with Gasteiger partial charge < -0.3 is 4.43 Å². The molecule has 1 aliphatic heterocycles. The van der Waals surface area contributed by atoms with Crippen molar-refractivity contribution in [1.29, 1.82) is 0 Å². The maximum atomic E-state index is 6.45. The Labute approximate surface area is 122 Å². The van der Waals surface area contributed by atoms with Crippen LogP contribution in [0.5, 0.6) is 0 Å². The second-order valence-electron chi connectivity index (χ2n) is 6.50. The summed E-state index contributed by atoms with van der Waals surface area (Å²) in [5, 5.41) is 2.82. The Hall–Kier alpha value is -1.12. The van der Waals surface area contributed by atoms with Crippen LogP contribution in [0.4, 0.5) is 0 Å². The van der Waals surface area contributed by atoms with Gasteiger partial charge in [0, 0.05) is 12.0 Å². The van der Waals surface area contributed by atoms with E-state index in [-0.39, 0.29) is 0 Å². The number of benzene rings is 2. The summed E-state index contributed by atoms with van der Waals surface area (Å²) >= 11 is 0. The summed E-state index contributed by atoms with van der Waals surface area (Å²) in [6.07, 6.45) is 1.37. The highest BCUT2D eigenvalue weighted by Crippen LogP contribution is 2.70. The summed E-state index contributed by atoms with van der Waals surface area (Å²) in [5.41, 5.74) is 2.77. The van der Waals surface area contributed by atoms with Gasteiger partial charge in [-0.2, -0.15) is 0 Å². The molecular formula is C18H22OSi. The van der Waals surface area contributed by atoms with Crippen molar-refractivity contribution >= 4 is 19.1 Å². The van der Waals surface area contributed by atoms with Gasteiger partial charge in [0.15, 0.2) is 8.32 Å². The van der Waals surface area contributed by atoms with Crippen LogP contribution in [0.25, 0.3) is 10.8 Å². The first-order chi connectivity index (χ1) is 9.76. The van der Waals surface area contributed by atoms with Crippen molar-refractivity contribution in [3.63, 3.8) is 0 Å². The zero-order valence-corrected chi connectivity index (χ0v) is 13.4. The van der Waals surface area contributed by atoms with Crippen LogP contribution in [0, 0.1) is 0 Å². The van der Waals surface area contributed by atoms with Crippen LogP contribution >= 0.6 is 0 Å². The molecule has 4 rings (SSSR count). The van der Waals surface area contributed by atoms with E-state index in [4.69, 9.17) is 4.43 Å². The second-order valence-corrected chi connectivity index (χ2v) is 11.0. The number of rotatable bonds is 3. The molecule has 0 bridgehead atoms. The molecule has 2 aromatic carbocycles. The van der Waals surface area contributed by atoms with Crippen molar-refractivity contribution in [2.45, 2.75) is 43.3 Å². The molecule has 2 heteroatoms. The normalized spacial score (nSPS) is 30.4. The van der Waals surface area contributed by atoms with Gasteiger partial charge in [0.1, 0.15) is 0 Å². The monoisotopic (exact) mass is 282 g/mol. The lowest BCUT2D eigenvalue weighted by Crippen LogP contribution is -2.33. The summed E-state index contributed by atoms with van der Waals surface area (Å²) in [7, 11) is -1.45. The maximum Gasteiger partial charge on any atom is 0.196 e. The fourth-order valence-electron chi connectivity index (χ4n) is 4.51. The first-order valence-electron chi connectivity index (χ1n) is 7.88. The molecular weight excluding hydrogens is 260 g/mol. The third-order valence-corrected chi connectivity index (χ3v) is 11.0. The van der Waals surface area contributed by atoms with E-state index >= 15 is 0 Å². The van der Waals surface area contributed by atoms with E-state index in [0.717, 1.165) is 12.1 Å². The SMILES string of the molecule is CC[Si]1(CC)OC[C@]2(c3cccc4ccccc34)CC21. The molecule has 1 heterocycles. The summed E-state index contributed by atoms with van der Waals surface area (Å²) in [6.45, 7) is 5.65. The second kappa shape index (κ2) is 4.19. The molecule has 2 fully saturated rings. The van der Waals surface area contributed by atoms with Gasteiger partial charge in [-0.1, -0.05) is 56.3 Å². The van der Waals surface area contributed by atoms with Crippen molar-refractivity contribution in [3.05, 3.63) is 48.0 Å². The Bertz CT molecular complexity index is 656. The maximum absolute atomic E-state index is 6.45. The lowest BCUT2D eigenvalue weighted by atomic mass is 9.91. The Morgan fingerprint density at radius 1 is 1.10 bits per heavy atom. The van der Waals surface area contributed by atoms with E-state index in [1.54, 1.807) is 5.56 Å². The lowest BCUT2D eigenvalue weighted by molar-refractivity contribution is 0.297. The molecule has 2 atom stereocenters. The van der Waals surface area contributed by atoms with Gasteiger partial charge >= 0.3 is 0 Å². The topological polar surface area (TPSA) is 9.23 Å². The van der Waals surface area contributed by atoms with E-state index in [9.17, 15) is 0 Å². The molecule has 1 unspecified atom stereocenters. The first kappa shape index (κ1) is 12.6. The molecule has 1 nitrogen and oxygen atoms in total. The molecule has 2 aromatic rings. The van der Waals surface area contributed by atoms with Gasteiger partial charge in [-0.25, -0.2) is 0 Å². The van der Waals surface area contributed by atoms with E-state index in [1.165, 1.54) is 29.3 Å². The minimum absolute atomic E-state index is 0.360. The average molecular weight is 282 g/mol. The highest BCUT2D eigenvalue weighted by Gasteiger charge is 2.70. The minimum Gasteiger partial charge on any atom is -0.416 e. The summed E-state index contributed by atoms with van der Waals surface area (Å²) in [4.78, 5) is 0. The third-order valence-electron chi connectivity index (χ3n) is 5.85. The van der Waals surface area contributed by atoms with E-state index < -0.39 is 8.32 Å². The van der Waals surface area contributed by atoms with Gasteiger partial charge in [0.2, 0.25) is 0 Å². The van der Waals surface area contributed by atoms with Gasteiger partial charge in [0.25, 0.3) is 0 Å². The van der Waals surface area contributed by atoms with Crippen LogP contribution in [-0.4, -0.2) is 14.9 Å². The molecule has 20 heavy (non-hydrogen) atoms. The molecule has 0 aromatic heterocycles. The van der Waals surface area contributed by atoms with Crippen LogP contribution in [-0.2, 0) is 9.84 Å². The molecule has 1 aliphatic carbocycles.